The molecule has 10 heteroatoms. The van der Waals surface area contributed by atoms with E-state index in [2.05, 4.69) is 5.32 Å². The molecule has 0 saturated carbocycles. The van der Waals surface area contributed by atoms with Crippen LogP contribution in [0, 0.1) is 0 Å². The first-order chi connectivity index (χ1) is 18.4. The minimum atomic E-state index is -1.03. The number of methoxy groups -OCH3 is 4. The number of carbonyl (C=O) groups is 3. The van der Waals surface area contributed by atoms with E-state index in [4.69, 9.17) is 18.9 Å². The van der Waals surface area contributed by atoms with Crippen LogP contribution in [0.5, 0.6) is 23.0 Å². The van der Waals surface area contributed by atoms with Gasteiger partial charge in [-0.3, -0.25) is 9.59 Å². The SMILES string of the molecule is COc1ccc(NC(=O)C[C@@H]2C(=O)N(c3cccc(OC)c3)C(=O)N2Cc2ccc(OC)c(OC)c2)cc1. The van der Waals surface area contributed by atoms with Crippen molar-refractivity contribution in [3.63, 3.8) is 0 Å². The van der Waals surface area contributed by atoms with Gasteiger partial charge in [0.25, 0.3) is 5.91 Å². The van der Waals surface area contributed by atoms with E-state index < -0.39 is 23.9 Å². The molecule has 10 nitrogen and oxygen atoms in total. The number of carbonyl (C=O) groups excluding carboxylic acids is 3. The lowest BCUT2D eigenvalue weighted by Gasteiger charge is -2.22. The molecule has 1 aliphatic rings. The predicted molar refractivity (Wildman–Crippen MR) is 141 cm³/mol. The predicted octanol–water partition coefficient (Wildman–Crippen LogP) is 4.09. The van der Waals surface area contributed by atoms with Crippen LogP contribution in [-0.2, 0) is 16.1 Å². The maximum Gasteiger partial charge on any atom is 0.332 e. The van der Waals surface area contributed by atoms with Crippen LogP contribution in [-0.4, -0.2) is 57.2 Å². The summed E-state index contributed by atoms with van der Waals surface area (Å²) in [5.74, 6) is 1.25. The van der Waals surface area contributed by atoms with E-state index in [0.29, 0.717) is 39.9 Å². The van der Waals surface area contributed by atoms with Crippen molar-refractivity contribution in [2.45, 2.75) is 19.0 Å². The fraction of sp³-hybridized carbons (Fsp3) is 0.250. The van der Waals surface area contributed by atoms with Gasteiger partial charge in [0.15, 0.2) is 11.5 Å². The number of hydrogen-bond donors (Lipinski definition) is 1. The van der Waals surface area contributed by atoms with Crippen molar-refractivity contribution in [3.05, 3.63) is 72.3 Å². The van der Waals surface area contributed by atoms with E-state index in [9.17, 15) is 14.4 Å². The number of urea groups is 1. The first-order valence-corrected chi connectivity index (χ1v) is 11.8. The number of hydrogen-bond acceptors (Lipinski definition) is 7. The van der Waals surface area contributed by atoms with Gasteiger partial charge >= 0.3 is 6.03 Å². The minimum Gasteiger partial charge on any atom is -0.497 e. The average molecular weight is 520 g/mol. The number of benzene rings is 3. The highest BCUT2D eigenvalue weighted by Crippen LogP contribution is 2.33. The van der Waals surface area contributed by atoms with Gasteiger partial charge in [0.2, 0.25) is 5.91 Å². The van der Waals surface area contributed by atoms with Crippen LogP contribution in [0.2, 0.25) is 0 Å². The normalized spacial score (nSPS) is 14.9. The summed E-state index contributed by atoms with van der Waals surface area (Å²) in [6, 6.07) is 17.2. The summed E-state index contributed by atoms with van der Waals surface area (Å²) < 4.78 is 21.1. The molecular weight excluding hydrogens is 490 g/mol. The highest BCUT2D eigenvalue weighted by atomic mass is 16.5. The van der Waals surface area contributed by atoms with Gasteiger partial charge in [-0.15, -0.1) is 0 Å². The Morgan fingerprint density at radius 1 is 0.816 bits per heavy atom. The summed E-state index contributed by atoms with van der Waals surface area (Å²) in [6.07, 6.45) is -0.232. The molecule has 1 atom stereocenters. The molecule has 1 N–H and O–H groups in total. The smallest absolute Gasteiger partial charge is 0.332 e. The molecule has 4 amide bonds. The topological polar surface area (TPSA) is 107 Å². The zero-order valence-electron chi connectivity index (χ0n) is 21.6. The summed E-state index contributed by atoms with van der Waals surface area (Å²) >= 11 is 0. The fourth-order valence-corrected chi connectivity index (χ4v) is 4.24. The molecule has 0 aromatic heterocycles. The van der Waals surface area contributed by atoms with Crippen LogP contribution in [0.25, 0.3) is 0 Å². The van der Waals surface area contributed by atoms with Crippen LogP contribution < -0.4 is 29.2 Å². The van der Waals surface area contributed by atoms with Crippen LogP contribution in [0.4, 0.5) is 16.2 Å². The third-order valence-electron chi connectivity index (χ3n) is 6.18. The molecule has 3 aromatic rings. The Labute approximate surface area is 220 Å². The number of imide groups is 1. The van der Waals surface area contributed by atoms with E-state index in [1.807, 2.05) is 0 Å². The lowest BCUT2D eigenvalue weighted by atomic mass is 10.1. The molecule has 0 bridgehead atoms. The Kier molecular flexibility index (Phi) is 8.00. The molecule has 0 aliphatic carbocycles. The largest absolute Gasteiger partial charge is 0.497 e. The zero-order valence-corrected chi connectivity index (χ0v) is 21.6. The summed E-state index contributed by atoms with van der Waals surface area (Å²) in [7, 11) is 6.10. The van der Waals surface area contributed by atoms with Gasteiger partial charge in [-0.1, -0.05) is 12.1 Å². The molecule has 0 radical (unpaired) electrons. The lowest BCUT2D eigenvalue weighted by molar-refractivity contribution is -0.124. The van der Waals surface area contributed by atoms with Gasteiger partial charge in [0.1, 0.15) is 17.5 Å². The molecule has 38 heavy (non-hydrogen) atoms. The molecule has 3 aromatic carbocycles. The van der Waals surface area contributed by atoms with Crippen molar-refractivity contribution in [3.8, 4) is 23.0 Å². The van der Waals surface area contributed by atoms with Crippen LogP contribution >= 0.6 is 0 Å². The third kappa shape index (κ3) is 5.49. The Hall–Kier alpha value is -4.73. The summed E-state index contributed by atoms with van der Waals surface area (Å²) in [5, 5.41) is 2.79. The Morgan fingerprint density at radius 2 is 1.53 bits per heavy atom. The molecule has 0 spiro atoms. The number of amides is 4. The second-order valence-corrected chi connectivity index (χ2v) is 8.47. The van der Waals surface area contributed by atoms with E-state index in [0.717, 1.165) is 4.90 Å². The van der Waals surface area contributed by atoms with Crippen molar-refractivity contribution in [2.24, 2.45) is 0 Å². The number of ether oxygens (including phenoxy) is 4. The molecular formula is C28H29N3O7. The summed E-state index contributed by atoms with van der Waals surface area (Å²) in [4.78, 5) is 42.7. The molecule has 0 unspecified atom stereocenters. The van der Waals surface area contributed by atoms with Gasteiger partial charge in [0.05, 0.1) is 40.5 Å². The van der Waals surface area contributed by atoms with E-state index >= 15 is 0 Å². The molecule has 1 aliphatic heterocycles. The van der Waals surface area contributed by atoms with Crippen molar-refractivity contribution in [2.75, 3.05) is 38.7 Å². The molecule has 4 rings (SSSR count). The Balaban J connectivity index is 1.62. The molecule has 198 valence electrons. The fourth-order valence-electron chi connectivity index (χ4n) is 4.24. The third-order valence-corrected chi connectivity index (χ3v) is 6.18. The first-order valence-electron chi connectivity index (χ1n) is 11.8. The zero-order chi connectivity index (χ0) is 27.2. The highest BCUT2D eigenvalue weighted by molar-refractivity contribution is 6.22. The second-order valence-electron chi connectivity index (χ2n) is 8.47. The first kappa shape index (κ1) is 26.3. The van der Waals surface area contributed by atoms with Gasteiger partial charge in [-0.05, 0) is 54.1 Å². The van der Waals surface area contributed by atoms with Gasteiger partial charge < -0.3 is 29.2 Å². The van der Waals surface area contributed by atoms with Crippen molar-refractivity contribution in [1.82, 2.24) is 4.90 Å². The van der Waals surface area contributed by atoms with Gasteiger partial charge in [-0.2, -0.15) is 0 Å². The maximum absolute atomic E-state index is 13.6. The molecule has 1 fully saturated rings. The number of rotatable bonds is 10. The monoisotopic (exact) mass is 519 g/mol. The summed E-state index contributed by atoms with van der Waals surface area (Å²) in [5.41, 5.74) is 1.61. The van der Waals surface area contributed by atoms with Crippen molar-refractivity contribution in [1.29, 1.82) is 0 Å². The number of nitrogens with zero attached hydrogens (tertiary/aromatic N) is 2. The number of anilines is 2. The van der Waals surface area contributed by atoms with Crippen molar-refractivity contribution < 1.29 is 33.3 Å². The summed E-state index contributed by atoms with van der Waals surface area (Å²) in [6.45, 7) is 0.0753. The standard InChI is InChI=1S/C28H29N3O7/c1-35-21-11-9-19(10-12-21)29-26(32)16-23-27(33)31(20-6-5-7-22(15-20)36-2)28(34)30(23)17-18-8-13-24(37-3)25(14-18)38-4/h5-15,23H,16-17H2,1-4H3,(H,29,32)/t23-/m1/s1. The minimum absolute atomic E-state index is 0.0753. The van der Waals surface area contributed by atoms with E-state index in [-0.39, 0.29) is 13.0 Å². The average Bonchev–Trinajstić information content (AvgIpc) is 3.17. The van der Waals surface area contributed by atoms with E-state index in [1.54, 1.807) is 73.8 Å². The van der Waals surface area contributed by atoms with E-state index in [1.165, 1.54) is 26.2 Å². The van der Waals surface area contributed by atoms with Crippen molar-refractivity contribution >= 4 is 29.2 Å². The van der Waals surface area contributed by atoms with Gasteiger partial charge in [0, 0.05) is 18.3 Å². The van der Waals surface area contributed by atoms with Gasteiger partial charge in [-0.25, -0.2) is 9.69 Å². The lowest BCUT2D eigenvalue weighted by Crippen LogP contribution is -2.37. The molecule has 1 heterocycles. The Morgan fingerprint density at radius 3 is 2.18 bits per heavy atom. The highest BCUT2D eigenvalue weighted by Gasteiger charge is 2.46. The molecule has 1 saturated heterocycles. The quantitative estimate of drug-likeness (QED) is 0.402. The van der Waals surface area contributed by atoms with Crippen LogP contribution in [0.15, 0.2) is 66.7 Å². The maximum atomic E-state index is 13.6. The van der Waals surface area contributed by atoms with Crippen LogP contribution in [0.3, 0.4) is 0 Å². The van der Waals surface area contributed by atoms with Crippen LogP contribution in [0.1, 0.15) is 12.0 Å². The number of nitrogens with one attached hydrogen (secondary N) is 1. The second kappa shape index (κ2) is 11.5. The Bertz CT molecular complexity index is 1330.